The zero-order valence-corrected chi connectivity index (χ0v) is 22.4. The van der Waals surface area contributed by atoms with Crippen LogP contribution >= 0.6 is 11.8 Å². The van der Waals surface area contributed by atoms with Crippen LogP contribution in [0.2, 0.25) is 0 Å². The highest BCUT2D eigenvalue weighted by atomic mass is 32.2. The van der Waals surface area contributed by atoms with Gasteiger partial charge in [0, 0.05) is 12.4 Å². The molecule has 0 atom stereocenters. The topological polar surface area (TPSA) is 53.9 Å². The molecule has 0 aliphatic carbocycles. The van der Waals surface area contributed by atoms with Crippen LogP contribution in [0.15, 0.2) is 141 Å². The van der Waals surface area contributed by atoms with Gasteiger partial charge in [0.15, 0.2) is 0 Å². The number of hydrogen-bond acceptors (Lipinski definition) is 3. The van der Waals surface area contributed by atoms with Gasteiger partial charge in [-0.05, 0) is 74.1 Å². The molecule has 0 spiro atoms. The summed E-state index contributed by atoms with van der Waals surface area (Å²) in [4.78, 5) is 27.6. The van der Waals surface area contributed by atoms with Crippen molar-refractivity contribution >= 4 is 11.8 Å². The molecule has 0 saturated carbocycles. The Bertz CT molecular complexity index is 1720. The summed E-state index contributed by atoms with van der Waals surface area (Å²) in [6.07, 6.45) is 3.68. The highest BCUT2D eigenvalue weighted by Gasteiger charge is 2.20. The number of imidazole rings is 2. The fourth-order valence-corrected chi connectivity index (χ4v) is 5.59. The molecule has 0 radical (unpaired) electrons. The van der Waals surface area contributed by atoms with E-state index in [0.717, 1.165) is 33.9 Å². The van der Waals surface area contributed by atoms with Gasteiger partial charge in [-0.25, -0.2) is 9.59 Å². The first-order chi connectivity index (χ1) is 19.0. The van der Waals surface area contributed by atoms with Gasteiger partial charge in [-0.15, -0.1) is 0 Å². The molecule has 7 heteroatoms. The molecule has 0 unspecified atom stereocenters. The highest BCUT2D eigenvalue weighted by Crippen LogP contribution is 2.31. The van der Waals surface area contributed by atoms with Crippen molar-refractivity contribution in [1.29, 1.82) is 0 Å². The molecule has 0 saturated heterocycles. The Kier molecular flexibility index (Phi) is 6.42. The minimum atomic E-state index is -0.181. The Morgan fingerprint density at radius 3 is 1.18 bits per heavy atom. The Labute approximate surface area is 230 Å². The van der Waals surface area contributed by atoms with Crippen molar-refractivity contribution in [1.82, 2.24) is 18.3 Å². The van der Waals surface area contributed by atoms with E-state index in [4.69, 9.17) is 0 Å². The predicted octanol–water partition coefficient (Wildman–Crippen LogP) is 6.34. The van der Waals surface area contributed by atoms with Crippen LogP contribution in [0.5, 0.6) is 0 Å². The SMILES string of the molecule is Cc1ccc(-n2c(Sc3cn(-c4ccccc4)c(=O)n3-c3ccc(C)cc3)cn(-c3ccccc3)c2=O)cc1. The normalized spacial score (nSPS) is 11.1. The number of aromatic nitrogens is 4. The fourth-order valence-electron chi connectivity index (χ4n) is 4.51. The van der Waals surface area contributed by atoms with Crippen LogP contribution in [0.3, 0.4) is 0 Å². The molecular weight excluding hydrogens is 504 g/mol. The third-order valence-corrected chi connectivity index (χ3v) is 7.57. The summed E-state index contributed by atoms with van der Waals surface area (Å²) >= 11 is 1.38. The van der Waals surface area contributed by atoms with Gasteiger partial charge >= 0.3 is 11.4 Å². The van der Waals surface area contributed by atoms with Crippen LogP contribution in [0.1, 0.15) is 11.1 Å². The van der Waals surface area contributed by atoms with Gasteiger partial charge in [0.25, 0.3) is 0 Å². The van der Waals surface area contributed by atoms with E-state index in [1.165, 1.54) is 11.8 Å². The summed E-state index contributed by atoms with van der Waals surface area (Å²) in [7, 11) is 0. The van der Waals surface area contributed by atoms with Crippen molar-refractivity contribution in [3.05, 3.63) is 154 Å². The molecule has 2 heterocycles. The average Bonchev–Trinajstić information content (AvgIpc) is 3.46. The molecule has 39 heavy (non-hydrogen) atoms. The Hall–Kier alpha value is -4.75. The number of benzene rings is 4. The zero-order chi connectivity index (χ0) is 26.9. The van der Waals surface area contributed by atoms with E-state index in [2.05, 4.69) is 0 Å². The molecule has 0 amide bonds. The zero-order valence-electron chi connectivity index (χ0n) is 21.6. The number of para-hydroxylation sites is 2. The summed E-state index contributed by atoms with van der Waals surface area (Å²) in [5, 5.41) is 1.39. The van der Waals surface area contributed by atoms with Crippen LogP contribution in [0.25, 0.3) is 22.7 Å². The third-order valence-electron chi connectivity index (χ3n) is 6.58. The first-order valence-electron chi connectivity index (χ1n) is 12.6. The fraction of sp³-hybridized carbons (Fsp3) is 0.0625. The molecule has 2 aromatic heterocycles. The lowest BCUT2D eigenvalue weighted by Gasteiger charge is -2.09. The maximum atomic E-state index is 13.8. The van der Waals surface area contributed by atoms with Crippen molar-refractivity contribution in [2.45, 2.75) is 23.9 Å². The standard InChI is InChI=1S/C32H26N4O2S/c1-23-13-17-27(18-14-23)35-29(21-33(31(35)37)25-9-5-3-6-10-25)39-30-22-34(26-11-7-4-8-12-26)32(38)36(30)28-19-15-24(2)16-20-28/h3-22H,1-2H3. The lowest BCUT2D eigenvalue weighted by atomic mass is 10.2. The van der Waals surface area contributed by atoms with Crippen LogP contribution < -0.4 is 11.4 Å². The second kappa shape index (κ2) is 10.2. The van der Waals surface area contributed by atoms with E-state index >= 15 is 0 Å². The van der Waals surface area contributed by atoms with Gasteiger partial charge in [0.2, 0.25) is 0 Å². The van der Waals surface area contributed by atoms with Gasteiger partial charge in [-0.1, -0.05) is 71.8 Å². The second-order valence-corrected chi connectivity index (χ2v) is 10.4. The molecule has 0 aliphatic rings. The molecule has 6 nitrogen and oxygen atoms in total. The van der Waals surface area contributed by atoms with Crippen molar-refractivity contribution in [2.75, 3.05) is 0 Å². The van der Waals surface area contributed by atoms with Crippen molar-refractivity contribution in [2.24, 2.45) is 0 Å². The van der Waals surface area contributed by atoms with E-state index in [1.807, 2.05) is 135 Å². The first-order valence-corrected chi connectivity index (χ1v) is 13.4. The van der Waals surface area contributed by atoms with Gasteiger partial charge in [-0.2, -0.15) is 0 Å². The lowest BCUT2D eigenvalue weighted by molar-refractivity contribution is 0.857. The van der Waals surface area contributed by atoms with Gasteiger partial charge in [0.05, 0.1) is 22.7 Å². The molecule has 0 bridgehead atoms. The molecule has 4 aromatic carbocycles. The van der Waals surface area contributed by atoms with Gasteiger partial charge < -0.3 is 0 Å². The maximum Gasteiger partial charge on any atom is 0.338 e. The molecule has 0 N–H and O–H groups in total. The lowest BCUT2D eigenvalue weighted by Crippen LogP contribution is -2.23. The molecular formula is C32H26N4O2S. The largest absolute Gasteiger partial charge is 0.338 e. The Balaban J connectivity index is 1.56. The van der Waals surface area contributed by atoms with Crippen LogP contribution in [-0.4, -0.2) is 18.3 Å². The van der Waals surface area contributed by atoms with E-state index in [1.54, 1.807) is 18.3 Å². The average molecular weight is 531 g/mol. The molecule has 0 fully saturated rings. The van der Waals surface area contributed by atoms with Gasteiger partial charge in [0.1, 0.15) is 10.1 Å². The summed E-state index contributed by atoms with van der Waals surface area (Å²) < 4.78 is 6.68. The van der Waals surface area contributed by atoms with Crippen molar-refractivity contribution < 1.29 is 0 Å². The summed E-state index contributed by atoms with van der Waals surface area (Å²) in [6.45, 7) is 4.04. The highest BCUT2D eigenvalue weighted by molar-refractivity contribution is 7.99. The molecule has 6 aromatic rings. The Morgan fingerprint density at radius 1 is 0.462 bits per heavy atom. The third kappa shape index (κ3) is 4.69. The van der Waals surface area contributed by atoms with Crippen LogP contribution in [0, 0.1) is 13.8 Å². The number of aryl methyl sites for hydroxylation is 2. The quantitative estimate of drug-likeness (QED) is 0.253. The first kappa shape index (κ1) is 24.6. The maximum absolute atomic E-state index is 13.8. The number of rotatable bonds is 6. The summed E-state index contributed by atoms with van der Waals surface area (Å²) in [5.74, 6) is 0. The molecule has 6 rings (SSSR count). The predicted molar refractivity (Wildman–Crippen MR) is 156 cm³/mol. The minimum Gasteiger partial charge on any atom is -0.266 e. The molecule has 0 aliphatic heterocycles. The van der Waals surface area contributed by atoms with E-state index in [-0.39, 0.29) is 11.4 Å². The second-order valence-electron chi connectivity index (χ2n) is 9.35. The van der Waals surface area contributed by atoms with Crippen molar-refractivity contribution in [3.8, 4) is 22.7 Å². The van der Waals surface area contributed by atoms with E-state index in [0.29, 0.717) is 10.1 Å². The van der Waals surface area contributed by atoms with Gasteiger partial charge in [-0.3, -0.25) is 18.3 Å². The minimum absolute atomic E-state index is 0.181. The number of hydrogen-bond donors (Lipinski definition) is 0. The Morgan fingerprint density at radius 2 is 0.821 bits per heavy atom. The van der Waals surface area contributed by atoms with Crippen LogP contribution in [-0.2, 0) is 0 Å². The molecule has 192 valence electrons. The summed E-state index contributed by atoms with van der Waals surface area (Å²) in [5.41, 5.74) is 4.91. The van der Waals surface area contributed by atoms with E-state index in [9.17, 15) is 9.59 Å². The monoisotopic (exact) mass is 530 g/mol. The number of nitrogens with zero attached hydrogens (tertiary/aromatic N) is 4. The van der Waals surface area contributed by atoms with Crippen LogP contribution in [0.4, 0.5) is 0 Å². The van der Waals surface area contributed by atoms with Crippen molar-refractivity contribution in [3.63, 3.8) is 0 Å². The van der Waals surface area contributed by atoms with E-state index < -0.39 is 0 Å². The smallest absolute Gasteiger partial charge is 0.266 e. The summed E-state index contributed by atoms with van der Waals surface area (Å²) in [6, 6.07) is 34.8.